The van der Waals surface area contributed by atoms with Crippen molar-refractivity contribution in [1.82, 2.24) is 20.2 Å². The lowest BCUT2D eigenvalue weighted by Crippen LogP contribution is -2.48. The van der Waals surface area contributed by atoms with Crippen LogP contribution in [0.1, 0.15) is 15.2 Å². The number of pyridine rings is 1. The molecule has 1 saturated heterocycles. The molecule has 3 heterocycles. The van der Waals surface area contributed by atoms with E-state index < -0.39 is 30.7 Å². The maximum absolute atomic E-state index is 14.3. The van der Waals surface area contributed by atoms with Gasteiger partial charge in [0.05, 0.1) is 38.5 Å². The molecule has 0 aliphatic carbocycles. The highest BCUT2D eigenvalue weighted by atomic mass is 32.1. The molecule has 0 saturated carbocycles. The lowest BCUT2D eigenvalue weighted by atomic mass is 10.1. The van der Waals surface area contributed by atoms with Gasteiger partial charge in [-0.25, -0.2) is 23.1 Å². The SMILES string of the molecule is O=C(NCC(F)(F)CN1CCOCC1)c1ccc(F)c(NCc2cnc(Nc3ccccn3)s2)c1. The minimum absolute atomic E-state index is 0.0814. The summed E-state index contributed by atoms with van der Waals surface area (Å²) in [4.78, 5) is 23.3. The number of rotatable bonds is 10. The van der Waals surface area contributed by atoms with E-state index in [2.05, 4.69) is 25.9 Å². The lowest BCUT2D eigenvalue weighted by molar-refractivity contribution is -0.0543. The molecular formula is C23H25F3N6O2S. The molecule has 35 heavy (non-hydrogen) atoms. The highest BCUT2D eigenvalue weighted by Crippen LogP contribution is 2.24. The van der Waals surface area contributed by atoms with Crippen LogP contribution in [0.25, 0.3) is 0 Å². The number of morpholine rings is 1. The first-order valence-electron chi connectivity index (χ1n) is 11.0. The summed E-state index contributed by atoms with van der Waals surface area (Å²) in [6.07, 6.45) is 3.31. The average Bonchev–Trinajstić information content (AvgIpc) is 3.30. The van der Waals surface area contributed by atoms with Gasteiger partial charge in [-0.1, -0.05) is 17.4 Å². The van der Waals surface area contributed by atoms with E-state index in [1.165, 1.54) is 23.5 Å². The molecule has 8 nitrogen and oxygen atoms in total. The van der Waals surface area contributed by atoms with Crippen molar-refractivity contribution < 1.29 is 22.7 Å². The van der Waals surface area contributed by atoms with Gasteiger partial charge in [0, 0.05) is 35.9 Å². The Balaban J connectivity index is 1.30. The first-order chi connectivity index (χ1) is 16.9. The maximum atomic E-state index is 14.3. The van der Waals surface area contributed by atoms with E-state index in [0.717, 1.165) is 10.9 Å². The number of aromatic nitrogens is 2. The minimum Gasteiger partial charge on any atom is -0.379 e. The molecule has 0 radical (unpaired) electrons. The smallest absolute Gasteiger partial charge is 0.277 e. The van der Waals surface area contributed by atoms with Gasteiger partial charge >= 0.3 is 0 Å². The molecule has 12 heteroatoms. The predicted molar refractivity (Wildman–Crippen MR) is 128 cm³/mol. The zero-order valence-electron chi connectivity index (χ0n) is 18.8. The number of thiazole rings is 1. The Labute approximate surface area is 204 Å². The van der Waals surface area contributed by atoms with Gasteiger partial charge in [-0.3, -0.25) is 9.69 Å². The summed E-state index contributed by atoms with van der Waals surface area (Å²) >= 11 is 1.37. The number of carbonyl (C=O) groups excluding carboxylic acids is 1. The monoisotopic (exact) mass is 506 g/mol. The first-order valence-corrected chi connectivity index (χ1v) is 11.8. The van der Waals surface area contributed by atoms with E-state index in [1.807, 2.05) is 18.2 Å². The van der Waals surface area contributed by atoms with E-state index in [0.29, 0.717) is 37.3 Å². The van der Waals surface area contributed by atoms with Crippen molar-refractivity contribution in [3.63, 3.8) is 0 Å². The topological polar surface area (TPSA) is 91.4 Å². The molecule has 3 aromatic rings. The van der Waals surface area contributed by atoms with Crippen molar-refractivity contribution in [3.05, 3.63) is 65.0 Å². The van der Waals surface area contributed by atoms with Gasteiger partial charge in [0.25, 0.3) is 11.8 Å². The van der Waals surface area contributed by atoms with E-state index in [1.54, 1.807) is 17.3 Å². The largest absolute Gasteiger partial charge is 0.379 e. The van der Waals surface area contributed by atoms with Gasteiger partial charge in [-0.2, -0.15) is 0 Å². The summed E-state index contributed by atoms with van der Waals surface area (Å²) in [6, 6.07) is 9.16. The number of amides is 1. The number of alkyl halides is 2. The van der Waals surface area contributed by atoms with Crippen LogP contribution in [0.4, 0.5) is 29.8 Å². The second-order valence-corrected chi connectivity index (χ2v) is 9.06. The van der Waals surface area contributed by atoms with Crippen molar-refractivity contribution in [1.29, 1.82) is 0 Å². The summed E-state index contributed by atoms with van der Waals surface area (Å²) < 4.78 is 48.0. The van der Waals surface area contributed by atoms with Crippen LogP contribution < -0.4 is 16.0 Å². The zero-order chi connectivity index (χ0) is 24.7. The molecule has 0 bridgehead atoms. The highest BCUT2D eigenvalue weighted by Gasteiger charge is 2.33. The molecular weight excluding hydrogens is 481 g/mol. The predicted octanol–water partition coefficient (Wildman–Crippen LogP) is 3.73. The van der Waals surface area contributed by atoms with Crippen molar-refractivity contribution in [2.24, 2.45) is 0 Å². The fourth-order valence-corrected chi connectivity index (χ4v) is 4.19. The Morgan fingerprint density at radius 1 is 1.17 bits per heavy atom. The maximum Gasteiger partial charge on any atom is 0.277 e. The Kier molecular flexibility index (Phi) is 8.16. The minimum atomic E-state index is -3.10. The van der Waals surface area contributed by atoms with Crippen LogP contribution in [-0.2, 0) is 11.3 Å². The van der Waals surface area contributed by atoms with Gasteiger partial charge in [-0.15, -0.1) is 0 Å². The van der Waals surface area contributed by atoms with Gasteiger partial charge < -0.3 is 20.7 Å². The van der Waals surface area contributed by atoms with Crippen molar-refractivity contribution in [3.8, 4) is 0 Å². The van der Waals surface area contributed by atoms with Crippen LogP contribution in [0, 0.1) is 5.82 Å². The van der Waals surface area contributed by atoms with E-state index >= 15 is 0 Å². The fraction of sp³-hybridized carbons (Fsp3) is 0.348. The van der Waals surface area contributed by atoms with Crippen LogP contribution in [0.2, 0.25) is 0 Å². The number of ether oxygens (including phenoxy) is 1. The van der Waals surface area contributed by atoms with Crippen molar-refractivity contribution >= 4 is 33.9 Å². The average molecular weight is 507 g/mol. The standard InChI is InChI=1S/C23H25F3N6O2S/c24-18-5-4-16(21(33)30-14-23(25,26)15-32-7-9-34-10-8-32)11-19(18)28-12-17-13-29-22(35-17)31-20-3-1-2-6-27-20/h1-6,11,13,28H,7-10,12,14-15H2,(H,30,33)(H,27,29,31). The molecule has 1 aromatic carbocycles. The van der Waals surface area contributed by atoms with Crippen LogP contribution in [0.5, 0.6) is 0 Å². The number of hydrogen-bond acceptors (Lipinski definition) is 8. The van der Waals surface area contributed by atoms with Crippen molar-refractivity contribution in [2.75, 3.05) is 50.0 Å². The molecule has 3 N–H and O–H groups in total. The summed E-state index contributed by atoms with van der Waals surface area (Å²) in [7, 11) is 0. The van der Waals surface area contributed by atoms with Gasteiger partial charge in [0.1, 0.15) is 11.6 Å². The Morgan fingerprint density at radius 2 is 2.00 bits per heavy atom. The number of nitrogens with one attached hydrogen (secondary N) is 3. The Bertz CT molecular complexity index is 1130. The molecule has 0 atom stereocenters. The fourth-order valence-electron chi connectivity index (χ4n) is 3.43. The van der Waals surface area contributed by atoms with E-state index in [4.69, 9.17) is 4.74 Å². The number of benzene rings is 1. The molecule has 0 spiro atoms. The first kappa shape index (κ1) is 24.9. The Hall–Kier alpha value is -3.22. The molecule has 1 aliphatic rings. The quantitative estimate of drug-likeness (QED) is 0.386. The van der Waals surface area contributed by atoms with Gasteiger partial charge in [0.2, 0.25) is 0 Å². The zero-order valence-corrected chi connectivity index (χ0v) is 19.6. The summed E-state index contributed by atoms with van der Waals surface area (Å²) in [5.41, 5.74) is 0.170. The third kappa shape index (κ3) is 7.38. The number of carbonyl (C=O) groups is 1. The number of anilines is 3. The summed E-state index contributed by atoms with van der Waals surface area (Å²) in [5.74, 6) is -3.70. The third-order valence-electron chi connectivity index (χ3n) is 5.20. The van der Waals surface area contributed by atoms with Gasteiger partial charge in [-0.05, 0) is 30.3 Å². The molecule has 1 aliphatic heterocycles. The van der Waals surface area contributed by atoms with E-state index in [9.17, 15) is 18.0 Å². The summed E-state index contributed by atoms with van der Waals surface area (Å²) in [5, 5.41) is 8.90. The second kappa shape index (κ2) is 11.5. The van der Waals surface area contributed by atoms with Crippen LogP contribution in [0.15, 0.2) is 48.8 Å². The molecule has 0 unspecified atom stereocenters. The number of halogens is 3. The van der Waals surface area contributed by atoms with Crippen LogP contribution in [-0.4, -0.2) is 66.1 Å². The molecule has 1 fully saturated rings. The number of hydrogen-bond donors (Lipinski definition) is 3. The lowest BCUT2D eigenvalue weighted by Gasteiger charge is -2.30. The van der Waals surface area contributed by atoms with Crippen molar-refractivity contribution in [2.45, 2.75) is 12.5 Å². The van der Waals surface area contributed by atoms with E-state index in [-0.39, 0.29) is 17.8 Å². The van der Waals surface area contributed by atoms with Gasteiger partial charge in [0.15, 0.2) is 5.13 Å². The summed E-state index contributed by atoms with van der Waals surface area (Å²) in [6.45, 7) is 0.680. The van der Waals surface area contributed by atoms with Crippen LogP contribution in [0.3, 0.4) is 0 Å². The normalized spacial score (nSPS) is 14.5. The Morgan fingerprint density at radius 3 is 2.77 bits per heavy atom. The third-order valence-corrected chi connectivity index (χ3v) is 6.11. The molecule has 2 aromatic heterocycles. The molecule has 1 amide bonds. The number of nitrogens with zero attached hydrogens (tertiary/aromatic N) is 3. The highest BCUT2D eigenvalue weighted by molar-refractivity contribution is 7.15. The second-order valence-electron chi connectivity index (χ2n) is 7.95. The van der Waals surface area contributed by atoms with Crippen LogP contribution >= 0.6 is 11.3 Å². The molecule has 186 valence electrons. The molecule has 4 rings (SSSR count).